The second-order valence-corrected chi connectivity index (χ2v) is 5.46. The number of para-hydroxylation sites is 1. The first kappa shape index (κ1) is 16.3. The lowest BCUT2D eigenvalue weighted by Gasteiger charge is -2.18. The monoisotopic (exact) mass is 332 g/mol. The molecule has 1 atom stereocenters. The van der Waals surface area contributed by atoms with E-state index in [-0.39, 0.29) is 12.6 Å². The van der Waals surface area contributed by atoms with E-state index in [4.69, 9.17) is 11.3 Å². The number of benzene rings is 2. The number of carbonyl (C=O) groups is 1. The Hall–Kier alpha value is -3.57. The summed E-state index contributed by atoms with van der Waals surface area (Å²) in [6, 6.07) is 18.4. The zero-order valence-corrected chi connectivity index (χ0v) is 13.3. The smallest absolute Gasteiger partial charge is 0.250 e. The van der Waals surface area contributed by atoms with Crippen molar-refractivity contribution in [1.82, 2.24) is 4.98 Å². The van der Waals surface area contributed by atoms with Crippen LogP contribution in [-0.4, -0.2) is 17.4 Å². The number of rotatable bonds is 6. The van der Waals surface area contributed by atoms with Crippen LogP contribution in [0.4, 0.5) is 5.82 Å². The average Bonchev–Trinajstić information content (AvgIpc) is 2.65. The summed E-state index contributed by atoms with van der Waals surface area (Å²) in [6.07, 6.45) is 0. The molecule has 0 saturated heterocycles. The van der Waals surface area contributed by atoms with Crippen molar-refractivity contribution in [2.75, 3.05) is 11.9 Å². The van der Waals surface area contributed by atoms with E-state index in [1.165, 1.54) is 0 Å². The molecule has 0 aliphatic heterocycles. The lowest BCUT2D eigenvalue weighted by atomic mass is 10.1. The minimum absolute atomic E-state index is 0.234. The normalized spacial score (nSPS) is 11.5. The van der Waals surface area contributed by atoms with Gasteiger partial charge in [0.15, 0.2) is 0 Å². The van der Waals surface area contributed by atoms with Gasteiger partial charge in [-0.1, -0.05) is 47.6 Å². The van der Waals surface area contributed by atoms with Crippen LogP contribution in [0.5, 0.6) is 0 Å². The van der Waals surface area contributed by atoms with Gasteiger partial charge in [0.25, 0.3) is 5.91 Å². The van der Waals surface area contributed by atoms with Gasteiger partial charge in [-0.15, -0.1) is 0 Å². The van der Waals surface area contributed by atoms with E-state index >= 15 is 0 Å². The van der Waals surface area contributed by atoms with Crippen molar-refractivity contribution in [3.05, 3.63) is 82.2 Å². The van der Waals surface area contributed by atoms with Gasteiger partial charge in [0.2, 0.25) is 0 Å². The molecule has 0 bridgehead atoms. The number of hydrogen-bond acceptors (Lipinski definition) is 4. The minimum Gasteiger partial charge on any atom is -0.366 e. The quantitative estimate of drug-likeness (QED) is 0.406. The zero-order chi connectivity index (χ0) is 17.6. The summed E-state index contributed by atoms with van der Waals surface area (Å²) in [5, 5.41) is 7.76. The van der Waals surface area contributed by atoms with Gasteiger partial charge in [0.05, 0.1) is 23.7 Å². The number of nitrogens with zero attached hydrogens (tertiary/aromatic N) is 4. The van der Waals surface area contributed by atoms with Gasteiger partial charge in [0, 0.05) is 10.3 Å². The maximum absolute atomic E-state index is 11.6. The van der Waals surface area contributed by atoms with Crippen molar-refractivity contribution in [3.8, 4) is 0 Å². The highest BCUT2D eigenvalue weighted by Crippen LogP contribution is 2.23. The van der Waals surface area contributed by atoms with Crippen molar-refractivity contribution >= 4 is 22.6 Å². The Labute approximate surface area is 144 Å². The second kappa shape index (κ2) is 7.33. The van der Waals surface area contributed by atoms with Crippen LogP contribution in [0.25, 0.3) is 21.3 Å². The second-order valence-electron chi connectivity index (χ2n) is 5.46. The lowest BCUT2D eigenvalue weighted by molar-refractivity contribution is 0.100. The first-order valence-corrected chi connectivity index (χ1v) is 7.71. The number of fused-ring (bicyclic) bond motifs is 1. The molecule has 3 aromatic rings. The van der Waals surface area contributed by atoms with E-state index in [0.29, 0.717) is 16.9 Å². The number of nitrogens with one attached hydrogen (secondary N) is 1. The SMILES string of the molecule is [N-]=[N+]=NC[C@@H](Nc1ccc2cccc(C(N)=O)c2n1)c1ccccc1. The molecular weight excluding hydrogens is 316 g/mol. The highest BCUT2D eigenvalue weighted by molar-refractivity contribution is 6.04. The molecule has 124 valence electrons. The number of nitrogens with two attached hydrogens (primary N) is 1. The Kier molecular flexibility index (Phi) is 4.78. The van der Waals surface area contributed by atoms with E-state index in [2.05, 4.69) is 20.3 Å². The Morgan fingerprint density at radius 1 is 1.16 bits per heavy atom. The number of carbonyl (C=O) groups excluding carboxylic acids is 1. The third-order valence-corrected chi connectivity index (χ3v) is 3.84. The van der Waals surface area contributed by atoms with E-state index in [1.807, 2.05) is 48.5 Å². The van der Waals surface area contributed by atoms with Gasteiger partial charge in [-0.25, -0.2) is 4.98 Å². The summed E-state index contributed by atoms with van der Waals surface area (Å²) in [7, 11) is 0. The molecule has 25 heavy (non-hydrogen) atoms. The van der Waals surface area contributed by atoms with E-state index in [0.717, 1.165) is 10.9 Å². The standard InChI is InChI=1S/C18H16N6O/c19-18(25)14-8-4-7-13-9-10-16(23-17(13)14)22-15(11-21-24-20)12-5-2-1-3-6-12/h1-10,15H,11H2,(H2,19,25)(H,22,23)/t15-/m1/s1. The van der Waals surface area contributed by atoms with Crippen molar-refractivity contribution in [2.45, 2.75) is 6.04 Å². The number of aromatic nitrogens is 1. The molecule has 0 unspecified atom stereocenters. The Morgan fingerprint density at radius 2 is 1.96 bits per heavy atom. The fraction of sp³-hybridized carbons (Fsp3) is 0.111. The van der Waals surface area contributed by atoms with Gasteiger partial charge in [-0.05, 0) is 29.3 Å². The molecule has 2 aromatic carbocycles. The molecule has 0 radical (unpaired) electrons. The summed E-state index contributed by atoms with van der Waals surface area (Å²) < 4.78 is 0. The van der Waals surface area contributed by atoms with Gasteiger partial charge in [-0.3, -0.25) is 4.79 Å². The Bertz CT molecular complexity index is 950. The van der Waals surface area contributed by atoms with Crippen LogP contribution in [0.15, 0.2) is 65.8 Å². The fourth-order valence-corrected chi connectivity index (χ4v) is 2.64. The first-order chi connectivity index (χ1) is 12.2. The molecule has 1 heterocycles. The van der Waals surface area contributed by atoms with Crippen molar-refractivity contribution < 1.29 is 4.79 Å². The Morgan fingerprint density at radius 3 is 2.68 bits per heavy atom. The Balaban J connectivity index is 1.98. The summed E-state index contributed by atoms with van der Waals surface area (Å²) >= 11 is 0. The number of amides is 1. The molecule has 3 rings (SSSR count). The van der Waals surface area contributed by atoms with Crippen LogP contribution in [0.2, 0.25) is 0 Å². The number of primary amides is 1. The molecule has 3 N–H and O–H groups in total. The maximum Gasteiger partial charge on any atom is 0.250 e. The highest BCUT2D eigenvalue weighted by atomic mass is 16.1. The number of azide groups is 1. The predicted octanol–water partition coefficient (Wildman–Crippen LogP) is 3.80. The zero-order valence-electron chi connectivity index (χ0n) is 13.3. The summed E-state index contributed by atoms with van der Waals surface area (Å²) in [5.74, 6) is 0.0483. The molecule has 7 heteroatoms. The van der Waals surface area contributed by atoms with Gasteiger partial charge < -0.3 is 11.1 Å². The van der Waals surface area contributed by atoms with Crippen LogP contribution in [0, 0.1) is 0 Å². The van der Waals surface area contributed by atoms with Crippen LogP contribution >= 0.6 is 0 Å². The third-order valence-electron chi connectivity index (χ3n) is 3.84. The first-order valence-electron chi connectivity index (χ1n) is 7.71. The van der Waals surface area contributed by atoms with Crippen molar-refractivity contribution in [2.24, 2.45) is 10.8 Å². The van der Waals surface area contributed by atoms with Crippen LogP contribution in [0.3, 0.4) is 0 Å². The topological polar surface area (TPSA) is 117 Å². The van der Waals surface area contributed by atoms with Gasteiger partial charge in [-0.2, -0.15) is 0 Å². The molecule has 0 aliphatic rings. The molecule has 0 saturated carbocycles. The molecule has 7 nitrogen and oxygen atoms in total. The van der Waals surface area contributed by atoms with Crippen LogP contribution in [-0.2, 0) is 0 Å². The van der Waals surface area contributed by atoms with Crippen molar-refractivity contribution in [1.29, 1.82) is 0 Å². The average molecular weight is 332 g/mol. The molecular formula is C18H16N6O. The lowest BCUT2D eigenvalue weighted by Crippen LogP contribution is -2.15. The van der Waals surface area contributed by atoms with Crippen LogP contribution < -0.4 is 11.1 Å². The predicted molar refractivity (Wildman–Crippen MR) is 97.1 cm³/mol. The summed E-state index contributed by atoms with van der Waals surface area (Å²) in [5.41, 5.74) is 15.9. The fourth-order valence-electron chi connectivity index (χ4n) is 2.64. The van der Waals surface area contributed by atoms with E-state index in [9.17, 15) is 4.79 Å². The number of anilines is 1. The van der Waals surface area contributed by atoms with E-state index in [1.54, 1.807) is 12.1 Å². The third kappa shape index (κ3) is 3.68. The maximum atomic E-state index is 11.6. The minimum atomic E-state index is -0.524. The van der Waals surface area contributed by atoms with Crippen molar-refractivity contribution in [3.63, 3.8) is 0 Å². The molecule has 0 spiro atoms. The van der Waals surface area contributed by atoms with Crippen LogP contribution in [0.1, 0.15) is 22.0 Å². The van der Waals surface area contributed by atoms with Gasteiger partial charge in [0.1, 0.15) is 5.82 Å². The number of pyridine rings is 1. The molecule has 0 aliphatic carbocycles. The summed E-state index contributed by atoms with van der Waals surface area (Å²) in [4.78, 5) is 19.0. The molecule has 1 aromatic heterocycles. The van der Waals surface area contributed by atoms with E-state index < -0.39 is 5.91 Å². The molecule has 0 fully saturated rings. The number of hydrogen-bond donors (Lipinski definition) is 2. The summed E-state index contributed by atoms with van der Waals surface area (Å²) in [6.45, 7) is 0.234. The highest BCUT2D eigenvalue weighted by Gasteiger charge is 2.13. The largest absolute Gasteiger partial charge is 0.366 e. The van der Waals surface area contributed by atoms with Gasteiger partial charge >= 0.3 is 0 Å². The molecule has 1 amide bonds.